The van der Waals surface area contributed by atoms with Crippen molar-refractivity contribution in [3.63, 3.8) is 0 Å². The van der Waals surface area contributed by atoms with Gasteiger partial charge in [0.05, 0.1) is 39.6 Å². The first kappa shape index (κ1) is 28.1. The number of rotatable bonds is 16. The van der Waals surface area contributed by atoms with Crippen molar-refractivity contribution in [2.75, 3.05) is 59.6 Å². The molecule has 0 saturated carbocycles. The lowest BCUT2D eigenvalue weighted by Gasteiger charge is -2.53. The summed E-state index contributed by atoms with van der Waals surface area (Å²) in [6.45, 7) is 14.9. The second kappa shape index (κ2) is 13.4. The standard InChI is InChI=1S/C18H41O6P3/c1-14(16(3,8-19)11-22-25-5)18(10-21,13-24-27-7)15(2)17(4,9-20)12-23-26-6/h14-15,19-21,25-27H,8-13H2,1-7H3. The summed E-state index contributed by atoms with van der Waals surface area (Å²) in [7, 11) is 0.960. The summed E-state index contributed by atoms with van der Waals surface area (Å²) in [6.07, 6.45) is 0. The van der Waals surface area contributed by atoms with Crippen molar-refractivity contribution in [2.45, 2.75) is 27.7 Å². The molecule has 27 heavy (non-hydrogen) atoms. The molecule has 0 aliphatic carbocycles. The fourth-order valence-electron chi connectivity index (χ4n) is 3.63. The van der Waals surface area contributed by atoms with Crippen LogP contribution in [0.5, 0.6) is 0 Å². The van der Waals surface area contributed by atoms with Crippen molar-refractivity contribution in [1.29, 1.82) is 0 Å². The van der Waals surface area contributed by atoms with Crippen molar-refractivity contribution >= 4 is 26.4 Å². The van der Waals surface area contributed by atoms with E-state index in [9.17, 15) is 15.3 Å². The van der Waals surface area contributed by atoms with Crippen LogP contribution < -0.4 is 0 Å². The molecular weight excluding hydrogens is 405 g/mol. The van der Waals surface area contributed by atoms with E-state index in [2.05, 4.69) is 0 Å². The predicted octanol–water partition coefficient (Wildman–Crippen LogP) is 2.95. The smallest absolute Gasteiger partial charge is 0.0589 e. The molecule has 7 atom stereocenters. The molecule has 0 heterocycles. The Morgan fingerprint density at radius 1 is 0.667 bits per heavy atom. The molecule has 0 spiro atoms. The van der Waals surface area contributed by atoms with E-state index in [1.54, 1.807) is 0 Å². The zero-order valence-electron chi connectivity index (χ0n) is 18.0. The van der Waals surface area contributed by atoms with E-state index in [0.717, 1.165) is 0 Å². The molecule has 0 aliphatic rings. The van der Waals surface area contributed by atoms with Crippen molar-refractivity contribution in [3.05, 3.63) is 0 Å². The van der Waals surface area contributed by atoms with E-state index < -0.39 is 16.2 Å². The van der Waals surface area contributed by atoms with Gasteiger partial charge in [-0.3, -0.25) is 0 Å². The molecule has 0 aromatic heterocycles. The van der Waals surface area contributed by atoms with Crippen LogP contribution in [0.25, 0.3) is 0 Å². The monoisotopic (exact) mass is 446 g/mol. The van der Waals surface area contributed by atoms with E-state index >= 15 is 0 Å². The maximum absolute atomic E-state index is 10.6. The van der Waals surface area contributed by atoms with E-state index in [4.69, 9.17) is 13.6 Å². The van der Waals surface area contributed by atoms with Crippen LogP contribution in [0.3, 0.4) is 0 Å². The van der Waals surface area contributed by atoms with Crippen molar-refractivity contribution in [1.82, 2.24) is 0 Å². The SMILES string of the molecule is CPOCC(C)(CO)C(C)C(CO)(COPC)C(C)C(C)(CO)COPC. The fraction of sp³-hybridized carbons (Fsp3) is 1.00. The number of aliphatic hydroxyl groups is 3. The first-order chi connectivity index (χ1) is 12.7. The van der Waals surface area contributed by atoms with Gasteiger partial charge in [0.15, 0.2) is 0 Å². The third-order valence-electron chi connectivity index (χ3n) is 6.41. The molecule has 164 valence electrons. The lowest BCUT2D eigenvalue weighted by Crippen LogP contribution is -2.56. The van der Waals surface area contributed by atoms with Crippen molar-refractivity contribution in [3.8, 4) is 0 Å². The summed E-state index contributed by atoms with van der Waals surface area (Å²) in [5.74, 6) is -0.227. The Hall–Kier alpha value is 1.05. The van der Waals surface area contributed by atoms with Crippen LogP contribution in [0.2, 0.25) is 0 Å². The molecule has 0 radical (unpaired) electrons. The van der Waals surface area contributed by atoms with Gasteiger partial charge >= 0.3 is 0 Å². The lowest BCUT2D eigenvalue weighted by molar-refractivity contribution is -0.136. The van der Waals surface area contributed by atoms with Gasteiger partial charge in [-0.2, -0.15) is 0 Å². The van der Waals surface area contributed by atoms with E-state index in [-0.39, 0.29) is 31.7 Å². The van der Waals surface area contributed by atoms with Gasteiger partial charge in [-0.15, -0.1) is 0 Å². The second-order valence-corrected chi connectivity index (χ2v) is 10.0. The van der Waals surface area contributed by atoms with Crippen LogP contribution in [-0.2, 0) is 13.6 Å². The average molecular weight is 446 g/mol. The highest BCUT2D eigenvalue weighted by atomic mass is 31.1. The molecular formula is C18H41O6P3. The summed E-state index contributed by atoms with van der Waals surface area (Å²) >= 11 is 0. The van der Waals surface area contributed by atoms with Gasteiger partial charge in [0.25, 0.3) is 0 Å². The number of aliphatic hydroxyl groups excluding tert-OH is 3. The Morgan fingerprint density at radius 2 is 1.00 bits per heavy atom. The van der Waals surface area contributed by atoms with Crippen molar-refractivity contribution in [2.24, 2.45) is 28.1 Å². The molecule has 0 saturated heterocycles. The van der Waals surface area contributed by atoms with Gasteiger partial charge in [-0.05, 0) is 31.8 Å². The predicted molar refractivity (Wildman–Crippen MR) is 119 cm³/mol. The minimum atomic E-state index is -0.654. The molecule has 0 aromatic rings. The highest BCUT2D eigenvalue weighted by molar-refractivity contribution is 7.31. The van der Waals surface area contributed by atoms with Crippen LogP contribution in [0.1, 0.15) is 27.7 Å². The highest BCUT2D eigenvalue weighted by Crippen LogP contribution is 2.52. The van der Waals surface area contributed by atoms with Gasteiger partial charge in [-0.1, -0.05) is 27.7 Å². The zero-order chi connectivity index (χ0) is 21.1. The van der Waals surface area contributed by atoms with Crippen molar-refractivity contribution < 1.29 is 28.9 Å². The molecule has 0 aromatic carbocycles. The van der Waals surface area contributed by atoms with Crippen LogP contribution in [0.4, 0.5) is 0 Å². The van der Waals surface area contributed by atoms with Gasteiger partial charge in [0, 0.05) is 42.7 Å². The molecule has 0 rings (SSSR count). The molecule has 3 N–H and O–H groups in total. The van der Waals surface area contributed by atoms with Gasteiger partial charge in [-0.25, -0.2) is 0 Å². The van der Waals surface area contributed by atoms with Crippen LogP contribution in [0, 0.1) is 28.1 Å². The Morgan fingerprint density at radius 3 is 1.26 bits per heavy atom. The number of hydrogen-bond acceptors (Lipinski definition) is 6. The van der Waals surface area contributed by atoms with E-state index in [1.165, 1.54) is 0 Å². The summed E-state index contributed by atoms with van der Waals surface area (Å²) in [6, 6.07) is 0. The van der Waals surface area contributed by atoms with Gasteiger partial charge < -0.3 is 28.9 Å². The summed E-state index contributed by atoms with van der Waals surface area (Å²) in [5, 5.41) is 31.0. The Balaban J connectivity index is 6.07. The summed E-state index contributed by atoms with van der Waals surface area (Å²) in [5.41, 5.74) is -1.73. The van der Waals surface area contributed by atoms with E-state index in [1.807, 2.05) is 47.7 Å². The first-order valence-corrected chi connectivity index (χ1v) is 13.6. The maximum atomic E-state index is 10.6. The molecule has 9 heteroatoms. The normalized spacial score (nSPS) is 22.4. The number of hydrogen-bond donors (Lipinski definition) is 3. The Labute approximate surface area is 171 Å². The second-order valence-electron chi connectivity index (χ2n) is 7.94. The third kappa shape index (κ3) is 7.06. The summed E-state index contributed by atoms with van der Waals surface area (Å²) < 4.78 is 17.2. The molecule has 0 amide bonds. The Kier molecular flexibility index (Phi) is 13.9. The minimum absolute atomic E-state index is 0.0514. The highest BCUT2D eigenvalue weighted by Gasteiger charge is 2.54. The zero-order valence-corrected chi connectivity index (χ0v) is 21.0. The quantitative estimate of drug-likeness (QED) is 0.316. The molecule has 6 nitrogen and oxygen atoms in total. The molecule has 7 unspecified atom stereocenters. The summed E-state index contributed by atoms with van der Waals surface area (Å²) in [4.78, 5) is 0. The van der Waals surface area contributed by atoms with Crippen LogP contribution in [-0.4, -0.2) is 75.0 Å². The molecule has 0 bridgehead atoms. The van der Waals surface area contributed by atoms with Crippen LogP contribution >= 0.6 is 26.4 Å². The Bertz CT molecular complexity index is 375. The molecule has 0 fully saturated rings. The first-order valence-electron chi connectivity index (χ1n) is 9.36. The van der Waals surface area contributed by atoms with Crippen LogP contribution in [0.15, 0.2) is 0 Å². The average Bonchev–Trinajstić information content (AvgIpc) is 2.70. The van der Waals surface area contributed by atoms with E-state index in [0.29, 0.717) is 46.2 Å². The molecule has 0 aliphatic heterocycles. The minimum Gasteiger partial charge on any atom is -0.396 e. The fourth-order valence-corrected chi connectivity index (χ4v) is 4.99. The largest absolute Gasteiger partial charge is 0.396 e. The lowest BCUT2D eigenvalue weighted by atomic mass is 9.54. The topological polar surface area (TPSA) is 88.4 Å². The van der Waals surface area contributed by atoms with Gasteiger partial charge in [0.1, 0.15) is 0 Å². The van der Waals surface area contributed by atoms with Gasteiger partial charge in [0.2, 0.25) is 0 Å². The third-order valence-corrected chi connectivity index (χ3v) is 7.71. The maximum Gasteiger partial charge on any atom is 0.0589 e.